The maximum Gasteiger partial charge on any atom is 0.139 e. The molecular weight excluding hydrogens is 190 g/mol. The average Bonchev–Trinajstić information content (AvgIpc) is 2.21. The van der Waals surface area contributed by atoms with Gasteiger partial charge in [-0.25, -0.2) is 0 Å². The summed E-state index contributed by atoms with van der Waals surface area (Å²) < 4.78 is 5.23. The van der Waals surface area contributed by atoms with Gasteiger partial charge >= 0.3 is 0 Å². The lowest BCUT2D eigenvalue weighted by atomic mass is 10.1. The second kappa shape index (κ2) is 4.82. The van der Waals surface area contributed by atoms with Gasteiger partial charge in [0.1, 0.15) is 12.0 Å². The van der Waals surface area contributed by atoms with E-state index >= 15 is 0 Å². The molecule has 1 rings (SSSR count). The monoisotopic (exact) mass is 207 g/mol. The first-order chi connectivity index (χ1) is 7.10. The third kappa shape index (κ3) is 2.49. The normalized spacial score (nSPS) is 9.87. The molecule has 0 saturated carbocycles. The number of likely N-dealkylation sites (N-methyl/N-ethyl adjacent to an activating group) is 1. The van der Waals surface area contributed by atoms with E-state index in [1.807, 2.05) is 37.9 Å². The van der Waals surface area contributed by atoms with Crippen LogP contribution in [-0.4, -0.2) is 27.0 Å². The summed E-state index contributed by atoms with van der Waals surface area (Å²) in [4.78, 5) is 12.4. The van der Waals surface area contributed by atoms with Crippen LogP contribution in [0, 0.1) is 13.8 Å². The van der Waals surface area contributed by atoms with Crippen LogP contribution in [0.2, 0.25) is 0 Å². The van der Waals surface area contributed by atoms with Crippen LogP contribution in [0.1, 0.15) is 11.1 Å². The van der Waals surface area contributed by atoms with Crippen molar-refractivity contribution >= 4 is 12.0 Å². The summed E-state index contributed by atoms with van der Waals surface area (Å²) in [6.45, 7) is 4.42. The van der Waals surface area contributed by atoms with Gasteiger partial charge in [0.2, 0.25) is 0 Å². The van der Waals surface area contributed by atoms with Gasteiger partial charge in [-0.2, -0.15) is 0 Å². The molecule has 0 saturated heterocycles. The molecule has 0 aromatic heterocycles. The summed E-state index contributed by atoms with van der Waals surface area (Å²) in [6.07, 6.45) is 0.902. The van der Waals surface area contributed by atoms with E-state index in [-0.39, 0.29) is 0 Å². The number of hydrogen-bond donors (Lipinski definition) is 0. The summed E-state index contributed by atoms with van der Waals surface area (Å²) >= 11 is 0. The molecule has 0 bridgehead atoms. The van der Waals surface area contributed by atoms with E-state index in [4.69, 9.17) is 4.74 Å². The number of anilines is 1. The molecule has 0 radical (unpaired) electrons. The van der Waals surface area contributed by atoms with Gasteiger partial charge in [0, 0.05) is 12.7 Å². The Labute approximate surface area is 90.7 Å². The predicted octanol–water partition coefficient (Wildman–Crippen LogP) is 1.95. The van der Waals surface area contributed by atoms with Crippen molar-refractivity contribution in [3.63, 3.8) is 0 Å². The summed E-state index contributed by atoms with van der Waals surface area (Å²) in [7, 11) is 3.57. The lowest BCUT2D eigenvalue weighted by Gasteiger charge is -2.20. The second-order valence-corrected chi connectivity index (χ2v) is 3.66. The van der Waals surface area contributed by atoms with Crippen molar-refractivity contribution in [2.45, 2.75) is 13.8 Å². The molecule has 15 heavy (non-hydrogen) atoms. The van der Waals surface area contributed by atoms with E-state index in [0.29, 0.717) is 6.54 Å². The Morgan fingerprint density at radius 2 is 2.00 bits per heavy atom. The molecule has 0 atom stereocenters. The highest BCUT2D eigenvalue weighted by Crippen LogP contribution is 2.27. The first kappa shape index (κ1) is 11.6. The smallest absolute Gasteiger partial charge is 0.139 e. The van der Waals surface area contributed by atoms with Crippen LogP contribution in [-0.2, 0) is 4.79 Å². The van der Waals surface area contributed by atoms with Crippen LogP contribution in [0.25, 0.3) is 0 Å². The number of hydrogen-bond acceptors (Lipinski definition) is 3. The maximum atomic E-state index is 10.4. The van der Waals surface area contributed by atoms with Gasteiger partial charge in [0.05, 0.1) is 13.7 Å². The van der Waals surface area contributed by atoms with Crippen LogP contribution < -0.4 is 9.64 Å². The van der Waals surface area contributed by atoms with Gasteiger partial charge < -0.3 is 14.4 Å². The summed E-state index contributed by atoms with van der Waals surface area (Å²) in [6, 6.07) is 4.03. The van der Waals surface area contributed by atoms with Crippen LogP contribution in [0.3, 0.4) is 0 Å². The number of rotatable bonds is 4. The van der Waals surface area contributed by atoms with Crippen LogP contribution >= 0.6 is 0 Å². The Kier molecular flexibility index (Phi) is 3.72. The molecule has 1 aromatic carbocycles. The lowest BCUT2D eigenvalue weighted by Crippen LogP contribution is -2.20. The van der Waals surface area contributed by atoms with E-state index in [2.05, 4.69) is 0 Å². The molecule has 0 fully saturated rings. The molecule has 0 aliphatic heterocycles. The minimum atomic E-state index is 0.409. The zero-order valence-electron chi connectivity index (χ0n) is 9.70. The van der Waals surface area contributed by atoms with Gasteiger partial charge in [-0.05, 0) is 37.1 Å². The standard InChI is InChI=1S/C12H17NO2/c1-9-8-12(15-4)10(2)7-11(9)13(3)5-6-14/h6-8H,5H2,1-4H3. The van der Waals surface area contributed by atoms with Crippen molar-refractivity contribution in [3.8, 4) is 5.75 Å². The fourth-order valence-electron chi connectivity index (χ4n) is 1.62. The van der Waals surface area contributed by atoms with E-state index < -0.39 is 0 Å². The molecule has 0 aliphatic carbocycles. The topological polar surface area (TPSA) is 29.5 Å². The van der Waals surface area contributed by atoms with Crippen molar-refractivity contribution in [3.05, 3.63) is 23.3 Å². The minimum absolute atomic E-state index is 0.409. The van der Waals surface area contributed by atoms with Crippen molar-refractivity contribution in [1.82, 2.24) is 0 Å². The van der Waals surface area contributed by atoms with Crippen LogP contribution in [0.5, 0.6) is 5.75 Å². The van der Waals surface area contributed by atoms with Gasteiger partial charge in [-0.3, -0.25) is 0 Å². The van der Waals surface area contributed by atoms with E-state index in [9.17, 15) is 4.79 Å². The van der Waals surface area contributed by atoms with E-state index in [1.165, 1.54) is 0 Å². The minimum Gasteiger partial charge on any atom is -0.496 e. The third-order valence-corrected chi connectivity index (χ3v) is 2.47. The fourth-order valence-corrected chi connectivity index (χ4v) is 1.62. The molecule has 0 aliphatic rings. The number of aldehydes is 1. The number of benzene rings is 1. The molecule has 0 unspecified atom stereocenters. The SMILES string of the molecule is COc1cc(C)c(N(C)CC=O)cc1C. The number of ether oxygens (including phenoxy) is 1. The van der Waals surface area contributed by atoms with Crippen LogP contribution in [0.15, 0.2) is 12.1 Å². The second-order valence-electron chi connectivity index (χ2n) is 3.66. The highest BCUT2D eigenvalue weighted by molar-refractivity contribution is 5.65. The molecule has 3 heteroatoms. The molecule has 3 nitrogen and oxygen atoms in total. The molecule has 1 aromatic rings. The Hall–Kier alpha value is -1.51. The summed E-state index contributed by atoms with van der Waals surface area (Å²) in [5.41, 5.74) is 3.26. The number of nitrogens with zero attached hydrogens (tertiary/aromatic N) is 1. The quantitative estimate of drug-likeness (QED) is 0.707. The Morgan fingerprint density at radius 1 is 1.33 bits per heavy atom. The maximum absolute atomic E-state index is 10.4. The summed E-state index contributed by atoms with van der Waals surface area (Å²) in [5.74, 6) is 0.885. The Bertz CT molecular complexity index is 361. The number of aryl methyl sites for hydroxylation is 2. The van der Waals surface area contributed by atoms with Gasteiger partial charge in [-0.1, -0.05) is 0 Å². The first-order valence-electron chi connectivity index (χ1n) is 4.90. The highest BCUT2D eigenvalue weighted by atomic mass is 16.5. The molecule has 0 N–H and O–H groups in total. The largest absolute Gasteiger partial charge is 0.496 e. The van der Waals surface area contributed by atoms with Crippen molar-refractivity contribution in [2.24, 2.45) is 0 Å². The zero-order chi connectivity index (χ0) is 11.4. The third-order valence-electron chi connectivity index (χ3n) is 2.47. The predicted molar refractivity (Wildman–Crippen MR) is 61.8 cm³/mol. The number of carbonyl (C=O) groups is 1. The van der Waals surface area contributed by atoms with E-state index in [0.717, 1.165) is 28.8 Å². The first-order valence-corrected chi connectivity index (χ1v) is 4.90. The van der Waals surface area contributed by atoms with Gasteiger partial charge in [0.15, 0.2) is 0 Å². The van der Waals surface area contributed by atoms with Crippen molar-refractivity contribution in [2.75, 3.05) is 25.6 Å². The molecule has 82 valence electrons. The summed E-state index contributed by atoms with van der Waals surface area (Å²) in [5, 5.41) is 0. The molecular formula is C12H17NO2. The molecule has 0 amide bonds. The van der Waals surface area contributed by atoms with Gasteiger partial charge in [0.25, 0.3) is 0 Å². The van der Waals surface area contributed by atoms with Gasteiger partial charge in [-0.15, -0.1) is 0 Å². The van der Waals surface area contributed by atoms with Crippen molar-refractivity contribution < 1.29 is 9.53 Å². The highest BCUT2D eigenvalue weighted by Gasteiger charge is 2.07. The molecule has 0 spiro atoms. The van der Waals surface area contributed by atoms with E-state index in [1.54, 1.807) is 7.11 Å². The molecule has 0 heterocycles. The zero-order valence-corrected chi connectivity index (χ0v) is 9.70. The fraction of sp³-hybridized carbons (Fsp3) is 0.417. The Morgan fingerprint density at radius 3 is 2.53 bits per heavy atom. The average molecular weight is 207 g/mol. The number of methoxy groups -OCH3 is 1. The van der Waals surface area contributed by atoms with Crippen LogP contribution in [0.4, 0.5) is 5.69 Å². The van der Waals surface area contributed by atoms with Crippen molar-refractivity contribution in [1.29, 1.82) is 0 Å². The lowest BCUT2D eigenvalue weighted by molar-refractivity contribution is -0.106. The number of carbonyl (C=O) groups excluding carboxylic acids is 1. The Balaban J connectivity index is 3.09.